The van der Waals surface area contributed by atoms with Crippen LogP contribution in [0.2, 0.25) is 0 Å². The van der Waals surface area contributed by atoms with Crippen LogP contribution in [-0.2, 0) is 6.42 Å². The van der Waals surface area contributed by atoms with Crippen molar-refractivity contribution in [2.24, 2.45) is 0 Å². The van der Waals surface area contributed by atoms with E-state index in [0.29, 0.717) is 0 Å². The van der Waals surface area contributed by atoms with Gasteiger partial charge in [0.15, 0.2) is 5.78 Å². The molecule has 0 atom stereocenters. The fourth-order valence-corrected chi connectivity index (χ4v) is 3.61. The number of thioether (sulfide) groups is 1. The first-order valence-electron chi connectivity index (χ1n) is 7.31. The Kier molecular flexibility index (Phi) is 4.30. The van der Waals surface area contributed by atoms with Crippen LogP contribution in [0, 0.1) is 0 Å². The molecule has 1 heterocycles. The molecule has 0 bridgehead atoms. The van der Waals surface area contributed by atoms with Gasteiger partial charge in [0.05, 0.1) is 0 Å². The predicted molar refractivity (Wildman–Crippen MR) is 89.5 cm³/mol. The Morgan fingerprint density at radius 2 is 2.00 bits per heavy atom. The summed E-state index contributed by atoms with van der Waals surface area (Å²) in [6, 6.07) is 16.6. The average molecular weight is 297 g/mol. The van der Waals surface area contributed by atoms with Crippen molar-refractivity contribution in [1.29, 1.82) is 0 Å². The molecule has 1 aliphatic rings. The van der Waals surface area contributed by atoms with Gasteiger partial charge in [-0.15, -0.1) is 11.8 Å². The minimum absolute atomic E-state index is 0.149. The second-order valence-corrected chi connectivity index (χ2v) is 6.47. The molecule has 2 aromatic carbocycles. The summed E-state index contributed by atoms with van der Waals surface area (Å²) in [6.07, 6.45) is 1.05. The minimum Gasteiger partial charge on any atom is -0.370 e. The number of ketones is 1. The second kappa shape index (κ2) is 6.35. The first kappa shape index (κ1) is 14.2. The van der Waals surface area contributed by atoms with Crippen molar-refractivity contribution in [1.82, 2.24) is 0 Å². The van der Waals surface area contributed by atoms with E-state index in [0.717, 1.165) is 30.8 Å². The molecule has 0 N–H and O–H groups in total. The van der Waals surface area contributed by atoms with Gasteiger partial charge in [-0.25, -0.2) is 0 Å². The molecule has 0 radical (unpaired) electrons. The van der Waals surface area contributed by atoms with Crippen molar-refractivity contribution in [3.63, 3.8) is 0 Å². The number of hydrogen-bond donors (Lipinski definition) is 0. The molecule has 2 nitrogen and oxygen atoms in total. The molecule has 0 aromatic heterocycles. The third-order valence-corrected chi connectivity index (χ3v) is 4.84. The molecule has 0 unspecified atom stereocenters. The number of anilines is 1. The fourth-order valence-electron chi connectivity index (χ4n) is 2.71. The zero-order chi connectivity index (χ0) is 14.7. The fraction of sp³-hybridized carbons (Fsp3) is 0.278. The summed E-state index contributed by atoms with van der Waals surface area (Å²) in [7, 11) is 0. The first-order chi connectivity index (χ1) is 10.2. The lowest BCUT2D eigenvalue weighted by Crippen LogP contribution is -2.23. The number of rotatable bonds is 5. The smallest absolute Gasteiger partial charge is 0.159 e. The quantitative estimate of drug-likeness (QED) is 0.613. The van der Waals surface area contributed by atoms with Crippen LogP contribution in [0.3, 0.4) is 0 Å². The molecule has 0 saturated carbocycles. The van der Waals surface area contributed by atoms with Crippen molar-refractivity contribution in [3.05, 3.63) is 59.7 Å². The Hall–Kier alpha value is -1.74. The highest BCUT2D eigenvalue weighted by Crippen LogP contribution is 2.29. The molecule has 0 amide bonds. The van der Waals surface area contributed by atoms with Gasteiger partial charge >= 0.3 is 0 Å². The van der Waals surface area contributed by atoms with Gasteiger partial charge in [-0.05, 0) is 49.2 Å². The van der Waals surface area contributed by atoms with Gasteiger partial charge < -0.3 is 4.90 Å². The highest BCUT2D eigenvalue weighted by atomic mass is 32.2. The molecular weight excluding hydrogens is 278 g/mol. The van der Waals surface area contributed by atoms with E-state index in [1.807, 2.05) is 23.9 Å². The lowest BCUT2D eigenvalue weighted by atomic mass is 10.1. The van der Waals surface area contributed by atoms with E-state index in [9.17, 15) is 4.79 Å². The molecule has 0 fully saturated rings. The standard InChI is InChI=1S/C18H19NOS/c1-14(20)15-7-8-18-16(13-15)9-10-19(18)11-12-21-17-5-3-2-4-6-17/h2-8,13H,9-12H2,1H3. The Bertz CT molecular complexity index is 639. The summed E-state index contributed by atoms with van der Waals surface area (Å²) < 4.78 is 0. The predicted octanol–water partition coefficient (Wildman–Crippen LogP) is 4.04. The van der Waals surface area contributed by atoms with E-state index in [2.05, 4.69) is 41.3 Å². The third-order valence-electron chi connectivity index (χ3n) is 3.85. The van der Waals surface area contributed by atoms with E-state index in [1.165, 1.54) is 16.1 Å². The summed E-state index contributed by atoms with van der Waals surface area (Å²) in [4.78, 5) is 15.2. The maximum Gasteiger partial charge on any atom is 0.159 e. The lowest BCUT2D eigenvalue weighted by Gasteiger charge is -2.19. The Balaban J connectivity index is 1.61. The summed E-state index contributed by atoms with van der Waals surface area (Å²) in [5.41, 5.74) is 3.44. The van der Waals surface area contributed by atoms with Gasteiger partial charge in [0.2, 0.25) is 0 Å². The highest BCUT2D eigenvalue weighted by Gasteiger charge is 2.19. The summed E-state index contributed by atoms with van der Waals surface area (Å²) in [5, 5.41) is 0. The number of nitrogens with zero attached hydrogens (tertiary/aromatic N) is 1. The normalized spacial score (nSPS) is 13.3. The van der Waals surface area contributed by atoms with Crippen LogP contribution in [0.15, 0.2) is 53.4 Å². The van der Waals surface area contributed by atoms with E-state index in [1.54, 1.807) is 6.92 Å². The summed E-state index contributed by atoms with van der Waals surface area (Å²) >= 11 is 1.89. The van der Waals surface area contributed by atoms with Crippen LogP contribution in [0.25, 0.3) is 0 Å². The van der Waals surface area contributed by atoms with Crippen molar-refractivity contribution in [2.75, 3.05) is 23.7 Å². The third kappa shape index (κ3) is 3.30. The zero-order valence-corrected chi connectivity index (χ0v) is 13.0. The molecule has 0 saturated heterocycles. The van der Waals surface area contributed by atoms with E-state index < -0.39 is 0 Å². The molecule has 3 rings (SSSR count). The topological polar surface area (TPSA) is 20.3 Å². The van der Waals surface area contributed by atoms with Crippen molar-refractivity contribution in [2.45, 2.75) is 18.2 Å². The maximum atomic E-state index is 11.4. The van der Waals surface area contributed by atoms with E-state index in [-0.39, 0.29) is 5.78 Å². The van der Waals surface area contributed by atoms with Gasteiger partial charge in [0.25, 0.3) is 0 Å². The Morgan fingerprint density at radius 1 is 1.19 bits per heavy atom. The molecule has 21 heavy (non-hydrogen) atoms. The average Bonchev–Trinajstić information content (AvgIpc) is 2.91. The van der Waals surface area contributed by atoms with Crippen LogP contribution < -0.4 is 4.90 Å². The van der Waals surface area contributed by atoms with Crippen molar-refractivity contribution >= 4 is 23.2 Å². The Morgan fingerprint density at radius 3 is 2.76 bits per heavy atom. The molecule has 3 heteroatoms. The van der Waals surface area contributed by atoms with Crippen LogP contribution in [0.1, 0.15) is 22.8 Å². The summed E-state index contributed by atoms with van der Waals surface area (Å²) in [5.74, 6) is 1.23. The highest BCUT2D eigenvalue weighted by molar-refractivity contribution is 7.99. The zero-order valence-electron chi connectivity index (χ0n) is 12.2. The molecule has 0 aliphatic carbocycles. The molecular formula is C18H19NOS. The number of carbonyl (C=O) groups excluding carboxylic acids is 1. The lowest BCUT2D eigenvalue weighted by molar-refractivity contribution is 0.101. The minimum atomic E-state index is 0.149. The SMILES string of the molecule is CC(=O)c1ccc2c(c1)CCN2CCSc1ccccc1. The Labute approximate surface area is 130 Å². The molecule has 2 aromatic rings. The monoisotopic (exact) mass is 297 g/mol. The van der Waals surface area contributed by atoms with Crippen molar-refractivity contribution in [3.8, 4) is 0 Å². The van der Waals surface area contributed by atoms with Crippen LogP contribution >= 0.6 is 11.8 Å². The van der Waals surface area contributed by atoms with Crippen LogP contribution in [-0.4, -0.2) is 24.6 Å². The van der Waals surface area contributed by atoms with Gasteiger partial charge in [-0.2, -0.15) is 0 Å². The number of hydrogen-bond acceptors (Lipinski definition) is 3. The first-order valence-corrected chi connectivity index (χ1v) is 8.29. The van der Waals surface area contributed by atoms with Crippen LogP contribution in [0.5, 0.6) is 0 Å². The van der Waals surface area contributed by atoms with Gasteiger partial charge in [-0.3, -0.25) is 4.79 Å². The van der Waals surface area contributed by atoms with Gasteiger partial charge in [0, 0.05) is 35.0 Å². The number of carbonyl (C=O) groups is 1. The van der Waals surface area contributed by atoms with E-state index >= 15 is 0 Å². The largest absolute Gasteiger partial charge is 0.370 e. The summed E-state index contributed by atoms with van der Waals surface area (Å²) in [6.45, 7) is 3.74. The van der Waals surface area contributed by atoms with E-state index in [4.69, 9.17) is 0 Å². The van der Waals surface area contributed by atoms with Crippen LogP contribution in [0.4, 0.5) is 5.69 Å². The number of benzene rings is 2. The number of fused-ring (bicyclic) bond motifs is 1. The van der Waals surface area contributed by atoms with Gasteiger partial charge in [-0.1, -0.05) is 18.2 Å². The van der Waals surface area contributed by atoms with Gasteiger partial charge in [0.1, 0.15) is 0 Å². The molecule has 1 aliphatic heterocycles. The number of Topliss-reactive ketones (excluding diaryl/α,β-unsaturated/α-hetero) is 1. The maximum absolute atomic E-state index is 11.4. The second-order valence-electron chi connectivity index (χ2n) is 5.30. The molecule has 0 spiro atoms. The molecule has 108 valence electrons. The van der Waals surface area contributed by atoms with Crippen molar-refractivity contribution < 1.29 is 4.79 Å².